The molecule has 0 aliphatic rings. The zero-order valence-corrected chi connectivity index (χ0v) is 12.8. The fourth-order valence-electron chi connectivity index (χ4n) is 1.75. The molecule has 2 rings (SSSR count). The lowest BCUT2D eigenvalue weighted by Gasteiger charge is -2.18. The molecule has 20 heavy (non-hydrogen) atoms. The van der Waals surface area contributed by atoms with Crippen LogP contribution in [0.5, 0.6) is 0 Å². The van der Waals surface area contributed by atoms with Crippen molar-refractivity contribution in [3.63, 3.8) is 0 Å². The molecule has 0 fully saturated rings. The predicted molar refractivity (Wildman–Crippen MR) is 81.3 cm³/mol. The molecular weight excluding hydrogens is 299 g/mol. The molecule has 0 aliphatic heterocycles. The molecule has 106 valence electrons. The topological polar surface area (TPSA) is 58.1 Å². The first kappa shape index (κ1) is 14.8. The lowest BCUT2D eigenvalue weighted by molar-refractivity contribution is -0.129. The highest BCUT2D eigenvalue weighted by atomic mass is 35.5. The molecule has 1 aromatic heterocycles. The van der Waals surface area contributed by atoms with Gasteiger partial charge in [-0.3, -0.25) is 9.78 Å². The van der Waals surface area contributed by atoms with Gasteiger partial charge in [0.1, 0.15) is 11.9 Å². The Balaban J connectivity index is 2.28. The minimum Gasteiger partial charge on any atom is -0.357 e. The van der Waals surface area contributed by atoms with Crippen LogP contribution in [0.1, 0.15) is 6.92 Å². The fourth-order valence-corrected chi connectivity index (χ4v) is 2.06. The van der Waals surface area contributed by atoms with Crippen LogP contribution in [0.25, 0.3) is 11.0 Å². The van der Waals surface area contributed by atoms with Gasteiger partial charge >= 0.3 is 0 Å². The third-order valence-electron chi connectivity index (χ3n) is 2.76. The van der Waals surface area contributed by atoms with E-state index >= 15 is 0 Å². The lowest BCUT2D eigenvalue weighted by Crippen LogP contribution is -2.36. The smallest absolute Gasteiger partial charge is 0.244 e. The van der Waals surface area contributed by atoms with Gasteiger partial charge in [-0.05, 0) is 19.1 Å². The second-order valence-electron chi connectivity index (χ2n) is 4.61. The molecule has 0 saturated heterocycles. The molecule has 1 aromatic carbocycles. The van der Waals surface area contributed by atoms with Crippen molar-refractivity contribution in [1.29, 1.82) is 0 Å². The van der Waals surface area contributed by atoms with Crippen LogP contribution in [0.4, 0.5) is 5.82 Å². The number of aromatic nitrogens is 2. The zero-order chi connectivity index (χ0) is 14.9. The zero-order valence-electron chi connectivity index (χ0n) is 11.3. The molecular formula is C13H14Cl2N4O. The Hall–Kier alpha value is -1.59. The van der Waals surface area contributed by atoms with Gasteiger partial charge in [0.05, 0.1) is 27.3 Å². The van der Waals surface area contributed by atoms with Crippen LogP contribution in [0.3, 0.4) is 0 Å². The van der Waals surface area contributed by atoms with E-state index in [9.17, 15) is 4.79 Å². The molecule has 7 heteroatoms. The summed E-state index contributed by atoms with van der Waals surface area (Å²) in [5.41, 5.74) is 1.27. The number of halogens is 2. The standard InChI is InChI=1S/C13H14Cl2N4O/c1-7(13(20)19(2)3)17-12-6-16-10-4-8(14)9(15)5-11(10)18-12/h4-7H,1-3H3,(H,17,18)/t7-/m0/s1. The maximum Gasteiger partial charge on any atom is 0.244 e. The number of hydrogen-bond acceptors (Lipinski definition) is 4. The predicted octanol–water partition coefficient (Wildman–Crippen LogP) is 2.83. The van der Waals surface area contributed by atoms with Crippen LogP contribution in [0.15, 0.2) is 18.3 Å². The van der Waals surface area contributed by atoms with Crippen LogP contribution in [-0.4, -0.2) is 40.9 Å². The quantitative estimate of drug-likeness (QED) is 0.946. The van der Waals surface area contributed by atoms with Crippen LogP contribution >= 0.6 is 23.2 Å². The number of nitrogens with one attached hydrogen (secondary N) is 1. The summed E-state index contributed by atoms with van der Waals surface area (Å²) in [6.07, 6.45) is 1.56. The van der Waals surface area contributed by atoms with Crippen molar-refractivity contribution >= 4 is 46.0 Å². The highest BCUT2D eigenvalue weighted by molar-refractivity contribution is 6.42. The number of benzene rings is 1. The van der Waals surface area contributed by atoms with E-state index in [1.807, 2.05) is 0 Å². The highest BCUT2D eigenvalue weighted by Gasteiger charge is 2.15. The Morgan fingerprint density at radius 3 is 2.45 bits per heavy atom. The molecule has 0 spiro atoms. The van der Waals surface area contributed by atoms with Crippen molar-refractivity contribution in [1.82, 2.24) is 14.9 Å². The van der Waals surface area contributed by atoms with Gasteiger partial charge in [-0.15, -0.1) is 0 Å². The second kappa shape index (κ2) is 5.81. The van der Waals surface area contributed by atoms with E-state index in [1.165, 1.54) is 4.90 Å². The maximum absolute atomic E-state index is 11.8. The molecule has 0 bridgehead atoms. The molecule has 1 heterocycles. The van der Waals surface area contributed by atoms with Gasteiger partial charge < -0.3 is 10.2 Å². The van der Waals surface area contributed by atoms with E-state index in [-0.39, 0.29) is 11.9 Å². The van der Waals surface area contributed by atoms with Gasteiger partial charge in [0.2, 0.25) is 5.91 Å². The van der Waals surface area contributed by atoms with E-state index in [0.717, 1.165) is 0 Å². The molecule has 0 saturated carbocycles. The molecule has 5 nitrogen and oxygen atoms in total. The Morgan fingerprint density at radius 2 is 1.85 bits per heavy atom. The first-order chi connectivity index (χ1) is 9.38. The minimum absolute atomic E-state index is 0.0407. The molecule has 2 aromatic rings. The van der Waals surface area contributed by atoms with E-state index in [2.05, 4.69) is 15.3 Å². The van der Waals surface area contributed by atoms with Crippen molar-refractivity contribution in [2.24, 2.45) is 0 Å². The summed E-state index contributed by atoms with van der Waals surface area (Å²) in [6, 6.07) is 2.92. The fraction of sp³-hybridized carbons (Fsp3) is 0.308. The summed E-state index contributed by atoms with van der Waals surface area (Å²) in [5, 5.41) is 3.86. The number of fused-ring (bicyclic) bond motifs is 1. The first-order valence-electron chi connectivity index (χ1n) is 5.98. The number of anilines is 1. The molecule has 1 N–H and O–H groups in total. The lowest BCUT2D eigenvalue weighted by atomic mass is 10.3. The average Bonchev–Trinajstić information content (AvgIpc) is 2.39. The number of hydrogen-bond donors (Lipinski definition) is 1. The molecule has 1 atom stereocenters. The van der Waals surface area contributed by atoms with Crippen LogP contribution in [0, 0.1) is 0 Å². The van der Waals surface area contributed by atoms with Gasteiger partial charge in [-0.2, -0.15) is 0 Å². The van der Waals surface area contributed by atoms with Crippen molar-refractivity contribution in [3.8, 4) is 0 Å². The number of likely N-dealkylation sites (N-methyl/N-ethyl adjacent to an activating group) is 1. The first-order valence-corrected chi connectivity index (χ1v) is 6.73. The van der Waals surface area contributed by atoms with Gasteiger partial charge in [0.15, 0.2) is 0 Å². The van der Waals surface area contributed by atoms with Crippen LogP contribution < -0.4 is 5.32 Å². The maximum atomic E-state index is 11.8. The van der Waals surface area contributed by atoms with Crippen molar-refractivity contribution < 1.29 is 4.79 Å². The van der Waals surface area contributed by atoms with Gasteiger partial charge in [0.25, 0.3) is 0 Å². The summed E-state index contributed by atoms with van der Waals surface area (Å²) in [7, 11) is 3.41. The van der Waals surface area contributed by atoms with Crippen molar-refractivity contribution in [3.05, 3.63) is 28.4 Å². The highest BCUT2D eigenvalue weighted by Crippen LogP contribution is 2.26. The Kier molecular flexibility index (Phi) is 4.30. The summed E-state index contributed by atoms with van der Waals surface area (Å²) in [4.78, 5) is 21.9. The van der Waals surface area contributed by atoms with Crippen molar-refractivity contribution in [2.45, 2.75) is 13.0 Å². The van der Waals surface area contributed by atoms with E-state index in [4.69, 9.17) is 23.2 Å². The normalized spacial score (nSPS) is 12.2. The Morgan fingerprint density at radius 1 is 1.25 bits per heavy atom. The Bertz CT molecular complexity index is 660. The molecule has 0 radical (unpaired) electrons. The van der Waals surface area contributed by atoms with E-state index in [0.29, 0.717) is 26.9 Å². The molecule has 1 amide bonds. The number of carbonyl (C=O) groups excluding carboxylic acids is 1. The van der Waals surface area contributed by atoms with Crippen molar-refractivity contribution in [2.75, 3.05) is 19.4 Å². The summed E-state index contributed by atoms with van der Waals surface area (Å²) in [6.45, 7) is 1.77. The second-order valence-corrected chi connectivity index (χ2v) is 5.42. The van der Waals surface area contributed by atoms with Crippen LogP contribution in [0.2, 0.25) is 10.0 Å². The average molecular weight is 313 g/mol. The van der Waals surface area contributed by atoms with Gasteiger partial charge in [0, 0.05) is 14.1 Å². The summed E-state index contributed by atoms with van der Waals surface area (Å²) < 4.78 is 0. The third-order valence-corrected chi connectivity index (χ3v) is 3.48. The van der Waals surface area contributed by atoms with E-state index in [1.54, 1.807) is 39.3 Å². The Labute approximate surface area is 126 Å². The number of amides is 1. The SMILES string of the molecule is C[C@H](Nc1cnc2cc(Cl)c(Cl)cc2n1)C(=O)N(C)C. The van der Waals surface area contributed by atoms with E-state index < -0.39 is 0 Å². The number of carbonyl (C=O) groups is 1. The number of rotatable bonds is 3. The molecule has 0 aliphatic carbocycles. The largest absolute Gasteiger partial charge is 0.357 e. The van der Waals surface area contributed by atoms with Gasteiger partial charge in [-0.1, -0.05) is 23.2 Å². The number of nitrogens with zero attached hydrogens (tertiary/aromatic N) is 3. The van der Waals surface area contributed by atoms with Gasteiger partial charge in [-0.25, -0.2) is 4.98 Å². The summed E-state index contributed by atoms with van der Waals surface area (Å²) in [5.74, 6) is 0.472. The molecule has 0 unspecified atom stereocenters. The van der Waals surface area contributed by atoms with Crippen LogP contribution in [-0.2, 0) is 4.79 Å². The minimum atomic E-state index is -0.389. The third kappa shape index (κ3) is 3.11. The summed E-state index contributed by atoms with van der Waals surface area (Å²) >= 11 is 11.9. The monoisotopic (exact) mass is 312 g/mol.